The quantitative estimate of drug-likeness (QED) is 0.567. The van der Waals surface area contributed by atoms with Gasteiger partial charge in [-0.15, -0.1) is 0 Å². The molecule has 7 nitrogen and oxygen atoms in total. The Hall–Kier alpha value is -3.32. The van der Waals surface area contributed by atoms with Crippen molar-refractivity contribution >= 4 is 29.1 Å². The second-order valence-electron chi connectivity index (χ2n) is 7.77. The minimum absolute atomic E-state index is 0.147. The van der Waals surface area contributed by atoms with E-state index < -0.39 is 11.9 Å². The number of nitrogens with one attached hydrogen (secondary N) is 2. The highest BCUT2D eigenvalue weighted by Crippen LogP contribution is 2.17. The molecule has 0 bridgehead atoms. The van der Waals surface area contributed by atoms with Gasteiger partial charge >= 0.3 is 0 Å². The van der Waals surface area contributed by atoms with Crippen LogP contribution in [0.15, 0.2) is 59.4 Å². The fraction of sp³-hybridized carbons (Fsp3) is 0.292. The first-order valence-corrected chi connectivity index (χ1v) is 10.8. The van der Waals surface area contributed by atoms with E-state index in [2.05, 4.69) is 10.6 Å². The molecule has 3 rings (SSSR count). The Morgan fingerprint density at radius 2 is 1.69 bits per heavy atom. The van der Waals surface area contributed by atoms with E-state index in [1.165, 1.54) is 4.68 Å². The summed E-state index contributed by atoms with van der Waals surface area (Å²) < 4.78 is 3.19. The normalized spacial score (nSPS) is 12.8. The van der Waals surface area contributed by atoms with Gasteiger partial charge in [-0.2, -0.15) is 0 Å². The van der Waals surface area contributed by atoms with Crippen LogP contribution in [0.4, 0.5) is 5.69 Å². The van der Waals surface area contributed by atoms with E-state index in [1.807, 2.05) is 44.2 Å². The summed E-state index contributed by atoms with van der Waals surface area (Å²) in [6, 6.07) is 14.8. The number of hydrogen-bond donors (Lipinski definition) is 2. The Morgan fingerprint density at radius 1 is 1.06 bits per heavy atom. The summed E-state index contributed by atoms with van der Waals surface area (Å²) in [4.78, 5) is 39.0. The van der Waals surface area contributed by atoms with Crippen LogP contribution in [0.3, 0.4) is 0 Å². The maximum absolute atomic E-state index is 13.2. The maximum atomic E-state index is 13.2. The molecule has 0 aliphatic carbocycles. The molecule has 0 aliphatic rings. The number of halogens is 1. The summed E-state index contributed by atoms with van der Waals surface area (Å²) in [6.45, 7) is 5.59. The fourth-order valence-corrected chi connectivity index (χ4v) is 3.57. The van der Waals surface area contributed by atoms with E-state index in [0.29, 0.717) is 28.4 Å². The Labute approximate surface area is 192 Å². The van der Waals surface area contributed by atoms with E-state index in [4.69, 9.17) is 11.6 Å². The molecule has 2 aromatic carbocycles. The van der Waals surface area contributed by atoms with Crippen molar-refractivity contribution in [3.63, 3.8) is 0 Å². The van der Waals surface area contributed by atoms with Gasteiger partial charge in [0, 0.05) is 17.6 Å². The molecule has 0 spiro atoms. The summed E-state index contributed by atoms with van der Waals surface area (Å²) in [5.41, 5.74) is 1.56. The number of carbonyl (C=O) groups is 2. The van der Waals surface area contributed by atoms with E-state index in [9.17, 15) is 14.4 Å². The summed E-state index contributed by atoms with van der Waals surface area (Å²) in [5, 5.41) is 6.09. The van der Waals surface area contributed by atoms with Crippen LogP contribution < -0.4 is 16.2 Å². The number of aromatic nitrogens is 2. The minimum Gasteiger partial charge on any atom is -0.340 e. The van der Waals surface area contributed by atoms with Crippen molar-refractivity contribution < 1.29 is 9.59 Å². The average Bonchev–Trinajstić information content (AvgIpc) is 3.00. The van der Waals surface area contributed by atoms with E-state index >= 15 is 0 Å². The molecule has 32 heavy (non-hydrogen) atoms. The first kappa shape index (κ1) is 23.3. The van der Waals surface area contributed by atoms with Crippen molar-refractivity contribution in [1.29, 1.82) is 0 Å². The SMILES string of the molecule is CCC(C)C(NC(=O)c1ccc(Cl)cc1)C(=O)Nc1c(C)n(C)n(-c2ccccc2)c1=O. The first-order chi connectivity index (χ1) is 15.2. The lowest BCUT2D eigenvalue weighted by Gasteiger charge is -2.23. The standard InChI is InChI=1S/C24H27ClN4O3/c1-5-15(2)20(26-22(30)17-11-13-18(25)14-12-17)23(31)27-21-16(3)28(4)29(24(21)32)19-9-7-6-8-10-19/h6-15,20H,5H2,1-4H3,(H,26,30)(H,27,31). The molecule has 2 amide bonds. The lowest BCUT2D eigenvalue weighted by Crippen LogP contribution is -2.48. The average molecular weight is 455 g/mol. The summed E-state index contributed by atoms with van der Waals surface area (Å²) in [6.07, 6.45) is 0.668. The van der Waals surface area contributed by atoms with Gasteiger partial charge in [0.05, 0.1) is 11.4 Å². The number of amides is 2. The zero-order valence-electron chi connectivity index (χ0n) is 18.6. The van der Waals surface area contributed by atoms with Crippen molar-refractivity contribution in [2.45, 2.75) is 33.2 Å². The van der Waals surface area contributed by atoms with Crippen LogP contribution >= 0.6 is 11.6 Å². The molecular weight excluding hydrogens is 428 g/mol. The molecular formula is C24H27ClN4O3. The number of carbonyl (C=O) groups excluding carboxylic acids is 2. The highest BCUT2D eigenvalue weighted by Gasteiger charge is 2.28. The first-order valence-electron chi connectivity index (χ1n) is 10.5. The predicted octanol–water partition coefficient (Wildman–Crippen LogP) is 3.92. The van der Waals surface area contributed by atoms with E-state index in [1.54, 1.807) is 42.9 Å². The third-order valence-corrected chi connectivity index (χ3v) is 5.94. The molecule has 0 aliphatic heterocycles. The largest absolute Gasteiger partial charge is 0.340 e. The van der Waals surface area contributed by atoms with Gasteiger partial charge in [0.1, 0.15) is 11.7 Å². The van der Waals surface area contributed by atoms with Crippen LogP contribution in [0, 0.1) is 12.8 Å². The molecule has 3 aromatic rings. The Bertz CT molecular complexity index is 1170. The van der Waals surface area contributed by atoms with Crippen LogP contribution in [0.1, 0.15) is 36.3 Å². The number of rotatable bonds is 7. The van der Waals surface area contributed by atoms with Gasteiger partial charge in [0.2, 0.25) is 5.91 Å². The molecule has 2 atom stereocenters. The molecule has 2 unspecified atom stereocenters. The van der Waals surface area contributed by atoms with Gasteiger partial charge in [-0.05, 0) is 49.2 Å². The number of anilines is 1. The molecule has 0 radical (unpaired) electrons. The third kappa shape index (κ3) is 4.78. The Kier molecular flexibility index (Phi) is 7.20. The number of nitrogens with zero attached hydrogens (tertiary/aromatic N) is 2. The summed E-state index contributed by atoms with van der Waals surface area (Å²) in [5.74, 6) is -0.965. The molecule has 1 aromatic heterocycles. The Balaban J connectivity index is 1.88. The van der Waals surface area contributed by atoms with Crippen LogP contribution in [-0.2, 0) is 11.8 Å². The van der Waals surface area contributed by atoms with Crippen LogP contribution in [-0.4, -0.2) is 27.2 Å². The van der Waals surface area contributed by atoms with Gasteiger partial charge in [-0.1, -0.05) is 50.1 Å². The monoisotopic (exact) mass is 454 g/mol. The van der Waals surface area contributed by atoms with Crippen LogP contribution in [0.25, 0.3) is 5.69 Å². The van der Waals surface area contributed by atoms with E-state index in [0.717, 1.165) is 0 Å². The second-order valence-corrected chi connectivity index (χ2v) is 8.21. The zero-order valence-corrected chi connectivity index (χ0v) is 19.3. The molecule has 0 saturated carbocycles. The van der Waals surface area contributed by atoms with Gasteiger partial charge in [-0.25, -0.2) is 4.68 Å². The van der Waals surface area contributed by atoms with Crippen molar-refractivity contribution in [2.75, 3.05) is 5.32 Å². The highest BCUT2D eigenvalue weighted by atomic mass is 35.5. The van der Waals surface area contributed by atoms with Gasteiger partial charge in [0.25, 0.3) is 11.5 Å². The highest BCUT2D eigenvalue weighted by molar-refractivity contribution is 6.30. The predicted molar refractivity (Wildman–Crippen MR) is 127 cm³/mol. The zero-order chi connectivity index (χ0) is 23.4. The minimum atomic E-state index is -0.813. The van der Waals surface area contributed by atoms with Crippen molar-refractivity contribution in [3.05, 3.63) is 81.2 Å². The van der Waals surface area contributed by atoms with Gasteiger partial charge in [0.15, 0.2) is 0 Å². The number of hydrogen-bond acceptors (Lipinski definition) is 3. The van der Waals surface area contributed by atoms with Crippen molar-refractivity contribution in [3.8, 4) is 5.69 Å². The van der Waals surface area contributed by atoms with Crippen molar-refractivity contribution in [1.82, 2.24) is 14.7 Å². The third-order valence-electron chi connectivity index (χ3n) is 5.69. The fourth-order valence-electron chi connectivity index (χ4n) is 3.44. The lowest BCUT2D eigenvalue weighted by atomic mass is 9.97. The number of benzene rings is 2. The van der Waals surface area contributed by atoms with Crippen LogP contribution in [0.5, 0.6) is 0 Å². The summed E-state index contributed by atoms with van der Waals surface area (Å²) in [7, 11) is 1.76. The molecule has 1 heterocycles. The van der Waals surface area contributed by atoms with Crippen molar-refractivity contribution in [2.24, 2.45) is 13.0 Å². The molecule has 0 saturated heterocycles. The molecule has 168 valence electrons. The van der Waals surface area contributed by atoms with Gasteiger partial charge < -0.3 is 10.6 Å². The molecule has 2 N–H and O–H groups in total. The molecule has 0 fully saturated rings. The lowest BCUT2D eigenvalue weighted by molar-refractivity contribution is -0.119. The second kappa shape index (κ2) is 9.87. The van der Waals surface area contributed by atoms with E-state index in [-0.39, 0.29) is 23.1 Å². The number of para-hydroxylation sites is 1. The summed E-state index contributed by atoms with van der Waals surface area (Å²) >= 11 is 5.89. The van der Waals surface area contributed by atoms with Gasteiger partial charge in [-0.3, -0.25) is 19.1 Å². The molecule has 8 heteroatoms. The Morgan fingerprint density at radius 3 is 2.28 bits per heavy atom. The topological polar surface area (TPSA) is 85.1 Å². The smallest absolute Gasteiger partial charge is 0.295 e. The van der Waals surface area contributed by atoms with Crippen LogP contribution in [0.2, 0.25) is 5.02 Å². The maximum Gasteiger partial charge on any atom is 0.295 e.